The van der Waals surface area contributed by atoms with E-state index >= 15 is 0 Å². The largest absolute Gasteiger partial charge is 0.386 e. The Morgan fingerprint density at radius 1 is 0.700 bits per heavy atom. The molecule has 0 amide bonds. The first kappa shape index (κ1) is 25.8. The number of unbranched alkanes of at least 4 members (excludes halogenated alkanes) is 10. The molecule has 0 spiro atoms. The van der Waals surface area contributed by atoms with Crippen LogP contribution in [0, 0.1) is 10.8 Å². The molecule has 0 unspecified atom stereocenters. The molecule has 2 nitrogen and oxygen atoms in total. The molecule has 3 rings (SSSR count). The van der Waals surface area contributed by atoms with Crippen molar-refractivity contribution in [3.05, 3.63) is 12.3 Å². The standard InChI is InChI=1S/C28H53NO/c1-4-6-8-9-10-11-12-13-15-24-30-25-23-29-26(3)28-20-17-27(18-21-28,19-22-28)16-14-7-5-2/h29H,3-25H2,1-2H3. The van der Waals surface area contributed by atoms with Gasteiger partial charge in [0.25, 0.3) is 0 Å². The molecule has 30 heavy (non-hydrogen) atoms. The van der Waals surface area contributed by atoms with Crippen molar-refractivity contribution in [1.82, 2.24) is 5.32 Å². The van der Waals surface area contributed by atoms with Crippen LogP contribution in [0.4, 0.5) is 0 Å². The highest BCUT2D eigenvalue weighted by Crippen LogP contribution is 2.60. The van der Waals surface area contributed by atoms with Gasteiger partial charge in [-0.15, -0.1) is 0 Å². The lowest BCUT2D eigenvalue weighted by atomic mass is 9.51. The van der Waals surface area contributed by atoms with E-state index in [2.05, 4.69) is 25.7 Å². The second-order valence-electron chi connectivity index (χ2n) is 10.6. The fourth-order valence-corrected chi connectivity index (χ4v) is 5.92. The number of ether oxygens (including phenoxy) is 1. The summed E-state index contributed by atoms with van der Waals surface area (Å²) in [6.07, 6.45) is 26.5. The molecule has 3 fully saturated rings. The van der Waals surface area contributed by atoms with Gasteiger partial charge in [-0.3, -0.25) is 0 Å². The van der Waals surface area contributed by atoms with Crippen LogP contribution in [0.3, 0.4) is 0 Å². The number of allylic oxidation sites excluding steroid dienone is 1. The van der Waals surface area contributed by atoms with Gasteiger partial charge in [0.1, 0.15) is 0 Å². The smallest absolute Gasteiger partial charge is 0.0638 e. The maximum absolute atomic E-state index is 5.87. The highest BCUT2D eigenvalue weighted by atomic mass is 16.5. The quantitative estimate of drug-likeness (QED) is 0.212. The van der Waals surface area contributed by atoms with Crippen molar-refractivity contribution < 1.29 is 4.74 Å². The van der Waals surface area contributed by atoms with Crippen LogP contribution in [0.25, 0.3) is 0 Å². The van der Waals surface area contributed by atoms with E-state index in [0.717, 1.165) is 19.8 Å². The van der Waals surface area contributed by atoms with Crippen molar-refractivity contribution in [2.45, 2.75) is 136 Å². The maximum atomic E-state index is 5.87. The lowest BCUT2D eigenvalue weighted by Gasteiger charge is -2.54. The summed E-state index contributed by atoms with van der Waals surface area (Å²) in [4.78, 5) is 0. The average Bonchev–Trinajstić information content (AvgIpc) is 2.78. The number of nitrogens with one attached hydrogen (secondary N) is 1. The Morgan fingerprint density at radius 2 is 1.23 bits per heavy atom. The molecule has 3 aliphatic rings. The summed E-state index contributed by atoms with van der Waals surface area (Å²) in [5.41, 5.74) is 2.40. The molecule has 0 atom stereocenters. The summed E-state index contributed by atoms with van der Waals surface area (Å²) < 4.78 is 5.87. The second-order valence-corrected chi connectivity index (χ2v) is 10.6. The van der Waals surface area contributed by atoms with Crippen LogP contribution in [0.15, 0.2) is 12.3 Å². The molecule has 0 heterocycles. The van der Waals surface area contributed by atoms with Gasteiger partial charge in [0.15, 0.2) is 0 Å². The Balaban J connectivity index is 1.46. The van der Waals surface area contributed by atoms with Gasteiger partial charge in [-0.05, 0) is 56.8 Å². The highest BCUT2D eigenvalue weighted by Gasteiger charge is 2.49. The van der Waals surface area contributed by atoms with E-state index < -0.39 is 0 Å². The average molecular weight is 420 g/mol. The van der Waals surface area contributed by atoms with E-state index in [1.807, 2.05) is 0 Å². The topological polar surface area (TPSA) is 21.3 Å². The molecule has 2 bridgehead atoms. The summed E-state index contributed by atoms with van der Waals surface area (Å²) in [6, 6.07) is 0. The molecule has 0 aromatic rings. The van der Waals surface area contributed by atoms with Gasteiger partial charge in [-0.2, -0.15) is 0 Å². The molecule has 0 aromatic heterocycles. The predicted octanol–water partition coefficient (Wildman–Crippen LogP) is 8.56. The molecule has 0 aliphatic heterocycles. The summed E-state index contributed by atoms with van der Waals surface area (Å²) in [6.45, 7) is 11.8. The number of rotatable bonds is 19. The van der Waals surface area contributed by atoms with Gasteiger partial charge in [0, 0.05) is 24.3 Å². The number of hydrogen-bond donors (Lipinski definition) is 1. The minimum Gasteiger partial charge on any atom is -0.386 e. The second kappa shape index (κ2) is 14.5. The van der Waals surface area contributed by atoms with E-state index in [9.17, 15) is 0 Å². The fourth-order valence-electron chi connectivity index (χ4n) is 5.92. The Kier molecular flexibility index (Phi) is 12.5. The van der Waals surface area contributed by atoms with E-state index in [1.54, 1.807) is 0 Å². The van der Waals surface area contributed by atoms with E-state index in [0.29, 0.717) is 10.8 Å². The molecule has 176 valence electrons. The van der Waals surface area contributed by atoms with Gasteiger partial charge in [0.05, 0.1) is 6.61 Å². The molecular formula is C28H53NO. The summed E-state index contributed by atoms with van der Waals surface area (Å²) in [5.74, 6) is 0. The minimum absolute atomic E-state index is 0.392. The third-order valence-corrected chi connectivity index (χ3v) is 8.33. The van der Waals surface area contributed by atoms with Gasteiger partial charge >= 0.3 is 0 Å². The molecular weight excluding hydrogens is 366 g/mol. The molecule has 3 aliphatic carbocycles. The van der Waals surface area contributed by atoms with Crippen molar-refractivity contribution in [3.63, 3.8) is 0 Å². The van der Waals surface area contributed by atoms with Crippen molar-refractivity contribution in [2.75, 3.05) is 19.8 Å². The third-order valence-electron chi connectivity index (χ3n) is 8.33. The van der Waals surface area contributed by atoms with E-state index in [4.69, 9.17) is 4.74 Å². The highest BCUT2D eigenvalue weighted by molar-refractivity contribution is 5.15. The first-order valence-electron chi connectivity index (χ1n) is 13.7. The summed E-state index contributed by atoms with van der Waals surface area (Å²) in [7, 11) is 0. The molecule has 2 heteroatoms. The predicted molar refractivity (Wildman–Crippen MR) is 132 cm³/mol. The minimum atomic E-state index is 0.392. The molecule has 1 N–H and O–H groups in total. The van der Waals surface area contributed by atoms with E-state index in [1.165, 1.54) is 128 Å². The van der Waals surface area contributed by atoms with Crippen LogP contribution in [-0.4, -0.2) is 19.8 Å². The Hall–Kier alpha value is -0.500. The van der Waals surface area contributed by atoms with Gasteiger partial charge in [-0.1, -0.05) is 91.1 Å². The Labute approximate surface area is 189 Å². The molecule has 0 saturated heterocycles. The first-order chi connectivity index (χ1) is 14.7. The molecule has 0 aromatic carbocycles. The zero-order chi connectivity index (χ0) is 21.5. The SMILES string of the molecule is C=C(NCCOCCCCCCCCCCC)C12CCC(CCCCC)(CC1)CC2. The van der Waals surface area contributed by atoms with Crippen molar-refractivity contribution in [1.29, 1.82) is 0 Å². The number of fused-ring (bicyclic) bond motifs is 3. The lowest BCUT2D eigenvalue weighted by Crippen LogP contribution is -2.45. The van der Waals surface area contributed by atoms with Crippen molar-refractivity contribution in [3.8, 4) is 0 Å². The molecule has 0 radical (unpaired) electrons. The third kappa shape index (κ3) is 8.56. The Bertz CT molecular complexity index is 433. The van der Waals surface area contributed by atoms with Crippen LogP contribution in [0.1, 0.15) is 136 Å². The van der Waals surface area contributed by atoms with Gasteiger partial charge in [0.2, 0.25) is 0 Å². The fraction of sp³-hybridized carbons (Fsp3) is 0.929. The van der Waals surface area contributed by atoms with Crippen molar-refractivity contribution >= 4 is 0 Å². The van der Waals surface area contributed by atoms with Gasteiger partial charge < -0.3 is 10.1 Å². The van der Waals surface area contributed by atoms with Crippen molar-refractivity contribution in [2.24, 2.45) is 10.8 Å². The Morgan fingerprint density at radius 3 is 1.83 bits per heavy atom. The zero-order valence-corrected chi connectivity index (χ0v) is 20.7. The van der Waals surface area contributed by atoms with Crippen LogP contribution < -0.4 is 5.32 Å². The van der Waals surface area contributed by atoms with Crippen LogP contribution >= 0.6 is 0 Å². The number of hydrogen-bond acceptors (Lipinski definition) is 2. The monoisotopic (exact) mass is 419 g/mol. The maximum Gasteiger partial charge on any atom is 0.0638 e. The van der Waals surface area contributed by atoms with Crippen LogP contribution in [-0.2, 0) is 4.74 Å². The molecule has 3 saturated carbocycles. The van der Waals surface area contributed by atoms with E-state index in [-0.39, 0.29) is 0 Å². The van der Waals surface area contributed by atoms with Gasteiger partial charge in [-0.25, -0.2) is 0 Å². The normalized spacial score (nSPS) is 25.5. The summed E-state index contributed by atoms with van der Waals surface area (Å²) in [5, 5.41) is 3.65. The zero-order valence-electron chi connectivity index (χ0n) is 20.7. The van der Waals surface area contributed by atoms with Crippen LogP contribution in [0.5, 0.6) is 0 Å². The first-order valence-corrected chi connectivity index (χ1v) is 13.7. The lowest BCUT2D eigenvalue weighted by molar-refractivity contribution is 0.00254. The van der Waals surface area contributed by atoms with Crippen LogP contribution in [0.2, 0.25) is 0 Å². The summed E-state index contributed by atoms with van der Waals surface area (Å²) >= 11 is 0.